The lowest BCUT2D eigenvalue weighted by molar-refractivity contribution is -0.258. The van der Waals surface area contributed by atoms with E-state index < -0.39 is 21.8 Å². The van der Waals surface area contributed by atoms with Crippen LogP contribution in [-0.4, -0.2) is 91.8 Å². The quantitative estimate of drug-likeness (QED) is 0.537. The van der Waals surface area contributed by atoms with E-state index in [1.54, 1.807) is 18.2 Å². The summed E-state index contributed by atoms with van der Waals surface area (Å²) in [6, 6.07) is 5.40. The van der Waals surface area contributed by atoms with Crippen LogP contribution in [0.15, 0.2) is 47.4 Å². The van der Waals surface area contributed by atoms with Gasteiger partial charge in [0.2, 0.25) is 10.0 Å². The molecule has 1 aliphatic carbocycles. The van der Waals surface area contributed by atoms with E-state index in [2.05, 4.69) is 4.90 Å². The van der Waals surface area contributed by atoms with E-state index in [0.29, 0.717) is 49.8 Å². The van der Waals surface area contributed by atoms with Crippen LogP contribution < -0.4 is 4.90 Å². The van der Waals surface area contributed by atoms with Crippen molar-refractivity contribution < 1.29 is 31.4 Å². The Bertz CT molecular complexity index is 1170. The third-order valence-corrected chi connectivity index (χ3v) is 9.60. The minimum Gasteiger partial charge on any atom is -0.376 e. The summed E-state index contributed by atoms with van der Waals surface area (Å²) < 4.78 is 74.0. The second-order valence-electron chi connectivity index (χ2n) is 9.85. The van der Waals surface area contributed by atoms with Gasteiger partial charge < -0.3 is 14.7 Å². The molecule has 3 aliphatic rings. The van der Waals surface area contributed by atoms with Crippen LogP contribution in [0.3, 0.4) is 0 Å². The summed E-state index contributed by atoms with van der Waals surface area (Å²) in [5, 5.41) is 10.0. The van der Waals surface area contributed by atoms with Gasteiger partial charge in [-0.05, 0) is 37.6 Å². The van der Waals surface area contributed by atoms with E-state index in [0.717, 1.165) is 6.92 Å². The zero-order valence-corrected chi connectivity index (χ0v) is 22.4. The van der Waals surface area contributed by atoms with Crippen LogP contribution in [0.4, 0.5) is 18.9 Å². The van der Waals surface area contributed by atoms with Crippen molar-refractivity contribution in [3.63, 3.8) is 0 Å². The first-order chi connectivity index (χ1) is 17.3. The second-order valence-corrected chi connectivity index (χ2v) is 12.3. The molecule has 0 spiro atoms. The van der Waals surface area contributed by atoms with Crippen molar-refractivity contribution in [3.8, 4) is 0 Å². The molecular formula is C25H32F3N3O4S2. The number of rotatable bonds is 6. The molecule has 2 aliphatic heterocycles. The van der Waals surface area contributed by atoms with Gasteiger partial charge in [-0.3, -0.25) is 4.90 Å². The number of hydrogen-bond acceptors (Lipinski definition) is 7. The number of morpholine rings is 1. The highest BCUT2D eigenvalue weighted by atomic mass is 32.2. The van der Waals surface area contributed by atoms with Crippen molar-refractivity contribution in [2.24, 2.45) is 0 Å². The molecule has 2 fully saturated rings. The number of aliphatic hydroxyl groups is 1. The fourth-order valence-corrected chi connectivity index (χ4v) is 7.00. The Morgan fingerprint density at radius 3 is 2.46 bits per heavy atom. The largest absolute Gasteiger partial charge is 0.421 e. The molecule has 2 saturated heterocycles. The maximum absolute atomic E-state index is 13.5. The molecule has 12 heteroatoms. The molecule has 2 heterocycles. The number of ether oxygens (including phenoxy) is 1. The highest BCUT2D eigenvalue weighted by molar-refractivity contribution is 7.96. The molecule has 204 valence electrons. The summed E-state index contributed by atoms with van der Waals surface area (Å²) in [7, 11) is -3.79. The molecule has 7 nitrogen and oxygen atoms in total. The first kappa shape index (κ1) is 28.2. The van der Waals surface area contributed by atoms with Crippen molar-refractivity contribution in [3.05, 3.63) is 53.0 Å². The molecule has 3 atom stereocenters. The number of anilines is 1. The van der Waals surface area contributed by atoms with Crippen LogP contribution in [0.5, 0.6) is 0 Å². The lowest BCUT2D eigenvalue weighted by Gasteiger charge is -2.45. The average molecular weight is 560 g/mol. The summed E-state index contributed by atoms with van der Waals surface area (Å²) in [4.78, 5) is 4.79. The molecule has 4 rings (SSSR count). The van der Waals surface area contributed by atoms with Crippen LogP contribution in [0.2, 0.25) is 0 Å². The Hall–Kier alpha value is -1.83. The summed E-state index contributed by atoms with van der Waals surface area (Å²) >= 11 is 5.33. The summed E-state index contributed by atoms with van der Waals surface area (Å²) in [5.74, 6) is 0. The monoisotopic (exact) mass is 559 g/mol. The number of halogens is 3. The van der Waals surface area contributed by atoms with Gasteiger partial charge in [0.15, 0.2) is 5.60 Å². The standard InChI is InChI=1S/C25H32F3N3O4S2/c1-18-15-29(13-14-35-18)16-21-17-30(37(33,34)23-6-4-3-5-22(23)36)11-12-31(21)20-9-7-19(8-10-20)24(2,32)25(26,27)28/h3-4,6-10,18,21,32H,5,11-17H2,1-2H3/t18-,21+,24?/m1/s1. The number of nitrogens with zero attached hydrogens (tertiary/aromatic N) is 3. The van der Waals surface area contributed by atoms with Gasteiger partial charge in [0.25, 0.3) is 0 Å². The summed E-state index contributed by atoms with van der Waals surface area (Å²) in [6.45, 7) is 6.03. The number of alkyl halides is 3. The van der Waals surface area contributed by atoms with Crippen molar-refractivity contribution >= 4 is 32.8 Å². The highest BCUT2D eigenvalue weighted by Gasteiger charge is 2.51. The number of allylic oxidation sites excluding steroid dienone is 4. The Morgan fingerprint density at radius 1 is 1.14 bits per heavy atom. The van der Waals surface area contributed by atoms with Gasteiger partial charge in [-0.25, -0.2) is 8.42 Å². The van der Waals surface area contributed by atoms with Gasteiger partial charge >= 0.3 is 6.18 Å². The van der Waals surface area contributed by atoms with Gasteiger partial charge in [0, 0.05) is 56.2 Å². The zero-order chi connectivity index (χ0) is 27.0. The third-order valence-electron chi connectivity index (χ3n) is 7.13. The topological polar surface area (TPSA) is 73.3 Å². The number of thiocarbonyl (C=S) groups is 1. The SMILES string of the molecule is C[C@@H]1CN(C[C@H]2CN(S(=O)(=O)C3=CC=CCC3=S)CCN2c2ccc(C(C)(O)C(F)(F)F)cc2)CCO1. The Kier molecular flexibility index (Phi) is 8.18. The molecule has 0 saturated carbocycles. The molecule has 0 aromatic heterocycles. The molecule has 1 N–H and O–H groups in total. The third kappa shape index (κ3) is 5.94. The highest BCUT2D eigenvalue weighted by Crippen LogP contribution is 2.39. The van der Waals surface area contributed by atoms with E-state index in [1.165, 1.54) is 22.5 Å². The van der Waals surface area contributed by atoms with Gasteiger partial charge in [-0.1, -0.05) is 36.5 Å². The van der Waals surface area contributed by atoms with E-state index in [1.807, 2.05) is 17.9 Å². The number of benzene rings is 1. The van der Waals surface area contributed by atoms with Crippen LogP contribution in [0, 0.1) is 0 Å². The van der Waals surface area contributed by atoms with E-state index in [9.17, 15) is 26.7 Å². The number of piperazine rings is 1. The Balaban J connectivity index is 1.60. The van der Waals surface area contributed by atoms with Crippen LogP contribution in [0.1, 0.15) is 25.8 Å². The first-order valence-corrected chi connectivity index (χ1v) is 14.1. The van der Waals surface area contributed by atoms with Gasteiger partial charge in [-0.2, -0.15) is 17.5 Å². The van der Waals surface area contributed by atoms with Crippen molar-refractivity contribution in [1.82, 2.24) is 9.21 Å². The molecule has 1 unspecified atom stereocenters. The first-order valence-electron chi connectivity index (χ1n) is 12.2. The maximum atomic E-state index is 13.5. The summed E-state index contributed by atoms with van der Waals surface area (Å²) in [6.07, 6.45) is 0.699. The van der Waals surface area contributed by atoms with E-state index in [4.69, 9.17) is 17.0 Å². The Labute approximate surface area is 221 Å². The molecule has 1 aromatic rings. The molecule has 1 aromatic carbocycles. The predicted octanol–water partition coefficient (Wildman–Crippen LogP) is 3.21. The fourth-order valence-electron chi connectivity index (χ4n) is 4.93. The second kappa shape index (κ2) is 10.7. The minimum absolute atomic E-state index is 0.0473. The van der Waals surface area contributed by atoms with Crippen LogP contribution in [-0.2, 0) is 20.4 Å². The van der Waals surface area contributed by atoms with Crippen molar-refractivity contribution in [2.45, 2.75) is 44.2 Å². The van der Waals surface area contributed by atoms with Crippen molar-refractivity contribution in [2.75, 3.05) is 50.8 Å². The summed E-state index contributed by atoms with van der Waals surface area (Å²) in [5.41, 5.74) is -2.56. The van der Waals surface area contributed by atoms with E-state index >= 15 is 0 Å². The molecule has 37 heavy (non-hydrogen) atoms. The predicted molar refractivity (Wildman–Crippen MR) is 140 cm³/mol. The van der Waals surface area contributed by atoms with Gasteiger partial charge in [0.05, 0.1) is 23.7 Å². The van der Waals surface area contributed by atoms with Gasteiger partial charge in [0.1, 0.15) is 0 Å². The number of hydrogen-bond donors (Lipinski definition) is 1. The smallest absolute Gasteiger partial charge is 0.376 e. The lowest BCUT2D eigenvalue weighted by Crippen LogP contribution is -2.59. The van der Waals surface area contributed by atoms with E-state index in [-0.39, 0.29) is 35.7 Å². The minimum atomic E-state index is -4.81. The van der Waals surface area contributed by atoms with Crippen molar-refractivity contribution in [1.29, 1.82) is 0 Å². The molecule has 0 amide bonds. The average Bonchev–Trinajstić information content (AvgIpc) is 2.83. The molecule has 0 radical (unpaired) electrons. The molecular weight excluding hydrogens is 527 g/mol. The number of sulfonamides is 1. The lowest BCUT2D eigenvalue weighted by atomic mass is 9.95. The molecule has 0 bridgehead atoms. The Morgan fingerprint density at radius 2 is 1.84 bits per heavy atom. The fraction of sp³-hybridized carbons (Fsp3) is 0.560. The normalized spacial score (nSPS) is 26.2. The maximum Gasteiger partial charge on any atom is 0.421 e. The zero-order valence-electron chi connectivity index (χ0n) is 20.8. The van der Waals surface area contributed by atoms with Gasteiger partial charge in [-0.15, -0.1) is 0 Å². The van der Waals surface area contributed by atoms with Crippen LogP contribution >= 0.6 is 12.2 Å². The van der Waals surface area contributed by atoms with Crippen LogP contribution in [0.25, 0.3) is 0 Å².